The fourth-order valence-corrected chi connectivity index (χ4v) is 2.65. The van der Waals surface area contributed by atoms with Crippen LogP contribution in [0.3, 0.4) is 0 Å². The van der Waals surface area contributed by atoms with Crippen LogP contribution in [0, 0.1) is 0 Å². The van der Waals surface area contributed by atoms with Crippen molar-refractivity contribution >= 4 is 0 Å². The Hall–Kier alpha value is -1.84. The fraction of sp³-hybridized carbons (Fsp3) is 0.333. The van der Waals surface area contributed by atoms with Crippen molar-refractivity contribution in [2.75, 3.05) is 13.2 Å². The van der Waals surface area contributed by atoms with Crippen molar-refractivity contribution in [3.05, 3.63) is 65.2 Å². The molecular weight excluding hydrogens is 264 g/mol. The molecule has 0 saturated heterocycles. The molecule has 1 aliphatic rings. The molecule has 0 spiro atoms. The van der Waals surface area contributed by atoms with Crippen LogP contribution in [0.4, 0.5) is 0 Å². The molecule has 3 heteroatoms. The van der Waals surface area contributed by atoms with E-state index in [-0.39, 0.29) is 6.10 Å². The predicted octanol–water partition coefficient (Wildman–Crippen LogP) is 3.43. The molecule has 0 aliphatic carbocycles. The van der Waals surface area contributed by atoms with Crippen LogP contribution in [0.5, 0.6) is 5.75 Å². The molecule has 3 rings (SSSR count). The third-order valence-corrected chi connectivity index (χ3v) is 3.83. The molecule has 1 aliphatic heterocycles. The molecular formula is C18H20O3. The van der Waals surface area contributed by atoms with Gasteiger partial charge in [0.1, 0.15) is 18.5 Å². The molecule has 1 heterocycles. The van der Waals surface area contributed by atoms with E-state index in [0.717, 1.165) is 24.3 Å². The highest BCUT2D eigenvalue weighted by molar-refractivity contribution is 5.32. The first-order valence-corrected chi connectivity index (χ1v) is 7.34. The summed E-state index contributed by atoms with van der Waals surface area (Å²) < 4.78 is 11.7. The molecule has 1 N–H and O–H groups in total. The van der Waals surface area contributed by atoms with Gasteiger partial charge in [-0.1, -0.05) is 36.4 Å². The topological polar surface area (TPSA) is 38.7 Å². The summed E-state index contributed by atoms with van der Waals surface area (Å²) in [6.07, 6.45) is 0.454. The lowest BCUT2D eigenvalue weighted by atomic mass is 9.98. The van der Waals surface area contributed by atoms with Gasteiger partial charge >= 0.3 is 0 Å². The van der Waals surface area contributed by atoms with Crippen LogP contribution in [0.25, 0.3) is 0 Å². The molecule has 0 amide bonds. The lowest BCUT2D eigenvalue weighted by Crippen LogP contribution is -2.21. The Bertz CT molecular complexity index is 607. The maximum absolute atomic E-state index is 9.62. The Balaban J connectivity index is 1.70. The first-order chi connectivity index (χ1) is 10.2. The summed E-state index contributed by atoms with van der Waals surface area (Å²) in [4.78, 5) is 0. The van der Waals surface area contributed by atoms with Crippen molar-refractivity contribution < 1.29 is 14.6 Å². The first kappa shape index (κ1) is 14.1. The zero-order chi connectivity index (χ0) is 14.7. The van der Waals surface area contributed by atoms with Crippen LogP contribution in [0.15, 0.2) is 48.5 Å². The van der Waals surface area contributed by atoms with E-state index in [1.807, 2.05) is 30.3 Å². The maximum Gasteiger partial charge on any atom is 0.119 e. The lowest BCUT2D eigenvalue weighted by molar-refractivity contribution is 0.0101. The van der Waals surface area contributed by atoms with E-state index in [1.165, 1.54) is 11.1 Å². The molecule has 2 aromatic carbocycles. The van der Waals surface area contributed by atoms with Crippen molar-refractivity contribution in [2.45, 2.75) is 25.6 Å². The van der Waals surface area contributed by atoms with Gasteiger partial charge in [-0.15, -0.1) is 0 Å². The number of aliphatic hydroxyl groups is 1. The van der Waals surface area contributed by atoms with E-state index in [2.05, 4.69) is 18.2 Å². The standard InChI is InChI=1S/C18H20O3/c1-13(19)15-6-4-7-16(11-15)21-12-18-17-8-3-2-5-14(17)9-10-20-18/h2-8,11,13,18-19H,9-10,12H2,1H3. The maximum atomic E-state index is 9.62. The third-order valence-electron chi connectivity index (χ3n) is 3.83. The summed E-state index contributed by atoms with van der Waals surface area (Å²) in [6.45, 7) is 2.97. The first-order valence-electron chi connectivity index (χ1n) is 7.34. The molecule has 110 valence electrons. The Morgan fingerprint density at radius 2 is 2.10 bits per heavy atom. The van der Waals surface area contributed by atoms with E-state index < -0.39 is 6.10 Å². The van der Waals surface area contributed by atoms with E-state index >= 15 is 0 Å². The summed E-state index contributed by atoms with van der Waals surface area (Å²) in [5.74, 6) is 0.764. The molecule has 0 aromatic heterocycles. The number of rotatable bonds is 4. The Kier molecular flexibility index (Phi) is 4.23. The van der Waals surface area contributed by atoms with Gasteiger partial charge in [0.2, 0.25) is 0 Å². The summed E-state index contributed by atoms with van der Waals surface area (Å²) in [7, 11) is 0. The van der Waals surface area contributed by atoms with Crippen molar-refractivity contribution in [2.24, 2.45) is 0 Å². The fourth-order valence-electron chi connectivity index (χ4n) is 2.65. The highest BCUT2D eigenvalue weighted by Gasteiger charge is 2.21. The number of hydrogen-bond donors (Lipinski definition) is 1. The highest BCUT2D eigenvalue weighted by atomic mass is 16.5. The van der Waals surface area contributed by atoms with Crippen LogP contribution in [-0.4, -0.2) is 18.3 Å². The van der Waals surface area contributed by atoms with Gasteiger partial charge in [-0.25, -0.2) is 0 Å². The number of ether oxygens (including phenoxy) is 2. The molecule has 2 atom stereocenters. The highest BCUT2D eigenvalue weighted by Crippen LogP contribution is 2.28. The smallest absolute Gasteiger partial charge is 0.119 e. The Morgan fingerprint density at radius 3 is 2.95 bits per heavy atom. The van der Waals surface area contributed by atoms with Crippen LogP contribution in [0.2, 0.25) is 0 Å². The predicted molar refractivity (Wildman–Crippen MR) is 81.4 cm³/mol. The molecule has 0 saturated carbocycles. The summed E-state index contributed by atoms with van der Waals surface area (Å²) in [5.41, 5.74) is 3.42. The number of fused-ring (bicyclic) bond motifs is 1. The van der Waals surface area contributed by atoms with Crippen LogP contribution in [0.1, 0.15) is 35.8 Å². The van der Waals surface area contributed by atoms with Gasteiger partial charge in [-0.3, -0.25) is 0 Å². The van der Waals surface area contributed by atoms with E-state index in [1.54, 1.807) is 6.92 Å². The second kappa shape index (κ2) is 6.29. The van der Waals surface area contributed by atoms with Crippen molar-refractivity contribution in [1.29, 1.82) is 0 Å². The Labute approximate surface area is 125 Å². The lowest BCUT2D eigenvalue weighted by Gasteiger charge is -2.26. The Morgan fingerprint density at radius 1 is 1.24 bits per heavy atom. The normalized spacial score (nSPS) is 18.9. The minimum Gasteiger partial charge on any atom is -0.491 e. The minimum atomic E-state index is -0.486. The van der Waals surface area contributed by atoms with Crippen LogP contribution in [-0.2, 0) is 11.2 Å². The number of hydrogen-bond acceptors (Lipinski definition) is 3. The molecule has 21 heavy (non-hydrogen) atoms. The number of benzene rings is 2. The van der Waals surface area contributed by atoms with Gasteiger partial charge in [-0.05, 0) is 42.2 Å². The summed E-state index contributed by atoms with van der Waals surface area (Å²) >= 11 is 0. The van der Waals surface area contributed by atoms with E-state index in [4.69, 9.17) is 9.47 Å². The van der Waals surface area contributed by atoms with Crippen molar-refractivity contribution in [1.82, 2.24) is 0 Å². The molecule has 0 bridgehead atoms. The molecule has 3 nitrogen and oxygen atoms in total. The quantitative estimate of drug-likeness (QED) is 0.934. The molecule has 2 unspecified atom stereocenters. The van der Waals surface area contributed by atoms with E-state index in [0.29, 0.717) is 6.61 Å². The molecule has 0 fully saturated rings. The van der Waals surface area contributed by atoms with Gasteiger partial charge in [-0.2, -0.15) is 0 Å². The van der Waals surface area contributed by atoms with Crippen LogP contribution >= 0.6 is 0 Å². The second-order valence-electron chi connectivity index (χ2n) is 5.37. The van der Waals surface area contributed by atoms with Gasteiger partial charge in [0.25, 0.3) is 0 Å². The monoisotopic (exact) mass is 284 g/mol. The second-order valence-corrected chi connectivity index (χ2v) is 5.37. The largest absolute Gasteiger partial charge is 0.491 e. The van der Waals surface area contributed by atoms with Crippen molar-refractivity contribution in [3.8, 4) is 5.75 Å². The molecule has 0 radical (unpaired) electrons. The summed E-state index contributed by atoms with van der Waals surface area (Å²) in [5, 5.41) is 9.62. The average Bonchev–Trinajstić information content (AvgIpc) is 2.53. The van der Waals surface area contributed by atoms with Crippen molar-refractivity contribution in [3.63, 3.8) is 0 Å². The van der Waals surface area contributed by atoms with Gasteiger partial charge in [0.15, 0.2) is 0 Å². The van der Waals surface area contributed by atoms with Gasteiger partial charge < -0.3 is 14.6 Å². The molecule has 2 aromatic rings. The number of aliphatic hydroxyl groups excluding tert-OH is 1. The zero-order valence-corrected chi connectivity index (χ0v) is 12.2. The zero-order valence-electron chi connectivity index (χ0n) is 12.2. The third kappa shape index (κ3) is 3.26. The van der Waals surface area contributed by atoms with E-state index in [9.17, 15) is 5.11 Å². The average molecular weight is 284 g/mol. The minimum absolute atomic E-state index is 0.0230. The van der Waals surface area contributed by atoms with Gasteiger partial charge in [0.05, 0.1) is 12.7 Å². The summed E-state index contributed by atoms with van der Waals surface area (Å²) in [6, 6.07) is 15.9. The van der Waals surface area contributed by atoms with Gasteiger partial charge in [0, 0.05) is 0 Å². The SMILES string of the molecule is CC(O)c1cccc(OCC2OCCc3ccccc32)c1. The van der Waals surface area contributed by atoms with Crippen LogP contribution < -0.4 is 4.74 Å².